The van der Waals surface area contributed by atoms with Crippen LogP contribution in [0.25, 0.3) is 10.9 Å². The summed E-state index contributed by atoms with van der Waals surface area (Å²) in [6.07, 6.45) is 5.43. The smallest absolute Gasteiger partial charge is 0.235 e. The van der Waals surface area contributed by atoms with Crippen molar-refractivity contribution in [2.24, 2.45) is 7.05 Å². The van der Waals surface area contributed by atoms with Crippen LogP contribution in [0.5, 0.6) is 0 Å². The molecule has 0 spiro atoms. The summed E-state index contributed by atoms with van der Waals surface area (Å²) in [5, 5.41) is 15.5. The van der Waals surface area contributed by atoms with Gasteiger partial charge in [-0.05, 0) is 67.6 Å². The molecule has 2 fully saturated rings. The lowest BCUT2D eigenvalue weighted by molar-refractivity contribution is -0.134. The molecule has 13 heteroatoms. The number of imide groups is 1. The first kappa shape index (κ1) is 29.0. The predicted octanol–water partition coefficient (Wildman–Crippen LogP) is 4.27. The maximum absolute atomic E-state index is 12.5. The third kappa shape index (κ3) is 5.66. The Labute approximate surface area is 265 Å². The molecule has 0 radical (unpaired) electrons. The van der Waals surface area contributed by atoms with Crippen LogP contribution in [0.15, 0.2) is 42.6 Å². The summed E-state index contributed by atoms with van der Waals surface area (Å²) in [6, 6.07) is 12.3. The van der Waals surface area contributed by atoms with E-state index in [0.717, 1.165) is 59.5 Å². The number of carbonyl (C=O) groups is 3. The number of nitrogens with zero attached hydrogens (tertiary/aromatic N) is 6. The summed E-state index contributed by atoms with van der Waals surface area (Å²) >= 11 is 6.49. The molecular weight excluding hydrogens is 594 g/mol. The number of aryl methyl sites for hydroxylation is 2. The summed E-state index contributed by atoms with van der Waals surface area (Å²) in [7, 11) is 3.68. The van der Waals surface area contributed by atoms with E-state index in [2.05, 4.69) is 37.0 Å². The van der Waals surface area contributed by atoms with Crippen molar-refractivity contribution in [3.05, 3.63) is 58.9 Å². The highest BCUT2D eigenvalue weighted by atomic mass is 35.5. The largest absolute Gasteiger partial charge is 0.382 e. The molecule has 1 unspecified atom stereocenters. The van der Waals surface area contributed by atoms with Gasteiger partial charge < -0.3 is 20.4 Å². The van der Waals surface area contributed by atoms with Crippen molar-refractivity contribution in [1.82, 2.24) is 25.1 Å². The van der Waals surface area contributed by atoms with Gasteiger partial charge in [0.1, 0.15) is 5.02 Å². The predicted molar refractivity (Wildman–Crippen MR) is 173 cm³/mol. The molecule has 232 valence electrons. The summed E-state index contributed by atoms with van der Waals surface area (Å²) in [5.74, 6) is 0.364. The molecule has 2 saturated heterocycles. The van der Waals surface area contributed by atoms with Gasteiger partial charge in [0.2, 0.25) is 23.7 Å². The van der Waals surface area contributed by atoms with Gasteiger partial charge in [0.15, 0.2) is 5.82 Å². The maximum Gasteiger partial charge on any atom is 0.235 e. The van der Waals surface area contributed by atoms with Crippen LogP contribution < -0.4 is 25.8 Å². The van der Waals surface area contributed by atoms with Gasteiger partial charge in [-0.1, -0.05) is 11.6 Å². The average molecular weight is 628 g/mol. The van der Waals surface area contributed by atoms with Gasteiger partial charge in [0.25, 0.3) is 0 Å². The zero-order chi connectivity index (χ0) is 31.2. The molecule has 3 aliphatic rings. The summed E-state index contributed by atoms with van der Waals surface area (Å²) in [5.41, 5.74) is 5.55. The third-order valence-electron chi connectivity index (χ3n) is 9.02. The SMILES string of the molecule is CN1C(=O)CCc2cc(Nc3nc(N4CCC(Nc5ccc6c(C7CCC(=O)NC7=O)nn(C)c6c5)CC4)ncc3Cl)ccc21. The van der Waals surface area contributed by atoms with Crippen LogP contribution in [0.1, 0.15) is 49.3 Å². The lowest BCUT2D eigenvalue weighted by Gasteiger charge is -2.33. The molecular formula is C32H34ClN9O3. The van der Waals surface area contributed by atoms with Crippen LogP contribution in [0.3, 0.4) is 0 Å². The van der Waals surface area contributed by atoms with Crippen molar-refractivity contribution >= 4 is 69.1 Å². The topological polar surface area (TPSA) is 137 Å². The molecule has 0 aliphatic carbocycles. The number of piperidine rings is 2. The molecule has 0 bridgehead atoms. The standard InChI is InChI=1S/C32H34ClN9O3/c1-40-25-8-5-20(15-18(25)3-10-28(40)44)36-30-24(33)17-34-32(38-30)42-13-11-19(12-14-42)35-21-4-6-22-26(16-21)41(2)39-29(22)23-7-9-27(43)37-31(23)45/h4-6,8,15-17,19,23,35H,3,7,9-14H2,1-2H3,(H,34,36,38)(H,37,43,45). The van der Waals surface area contributed by atoms with E-state index < -0.39 is 5.92 Å². The van der Waals surface area contributed by atoms with E-state index in [1.54, 1.807) is 22.8 Å². The Bertz CT molecular complexity index is 1830. The van der Waals surface area contributed by atoms with Gasteiger partial charge in [0, 0.05) is 68.5 Å². The van der Waals surface area contributed by atoms with Crippen molar-refractivity contribution in [2.45, 2.75) is 50.5 Å². The number of nitrogens with one attached hydrogen (secondary N) is 3. The fraction of sp³-hybridized carbons (Fsp3) is 0.375. The van der Waals surface area contributed by atoms with Gasteiger partial charge in [-0.2, -0.15) is 10.1 Å². The number of rotatable bonds is 6. The first-order valence-electron chi connectivity index (χ1n) is 15.2. The number of aromatic nitrogens is 4. The Hall–Kier alpha value is -4.71. The Morgan fingerprint density at radius 2 is 1.76 bits per heavy atom. The average Bonchev–Trinajstić information content (AvgIpc) is 3.35. The van der Waals surface area contributed by atoms with E-state index in [1.807, 2.05) is 37.4 Å². The van der Waals surface area contributed by atoms with Gasteiger partial charge in [-0.15, -0.1) is 0 Å². The highest BCUT2D eigenvalue weighted by molar-refractivity contribution is 6.32. The molecule has 12 nitrogen and oxygen atoms in total. The van der Waals surface area contributed by atoms with Crippen LogP contribution in [-0.4, -0.2) is 63.6 Å². The van der Waals surface area contributed by atoms with Crippen molar-refractivity contribution in [3.8, 4) is 0 Å². The Morgan fingerprint density at radius 1 is 0.956 bits per heavy atom. The van der Waals surface area contributed by atoms with Crippen LogP contribution in [-0.2, 0) is 27.9 Å². The molecule has 5 heterocycles. The van der Waals surface area contributed by atoms with Crippen molar-refractivity contribution in [1.29, 1.82) is 0 Å². The Morgan fingerprint density at radius 3 is 2.56 bits per heavy atom. The van der Waals surface area contributed by atoms with E-state index in [1.165, 1.54) is 0 Å². The molecule has 4 aromatic rings. The van der Waals surface area contributed by atoms with E-state index in [4.69, 9.17) is 16.6 Å². The van der Waals surface area contributed by atoms with Crippen LogP contribution in [0.2, 0.25) is 5.02 Å². The molecule has 7 rings (SSSR count). The number of halogens is 1. The summed E-state index contributed by atoms with van der Waals surface area (Å²) in [6.45, 7) is 1.57. The van der Waals surface area contributed by atoms with Crippen LogP contribution in [0, 0.1) is 0 Å². The van der Waals surface area contributed by atoms with E-state index >= 15 is 0 Å². The minimum atomic E-state index is -0.424. The van der Waals surface area contributed by atoms with Gasteiger partial charge in [0.05, 0.1) is 23.3 Å². The fourth-order valence-corrected chi connectivity index (χ4v) is 6.65. The third-order valence-corrected chi connectivity index (χ3v) is 9.29. The normalized spacial score (nSPS) is 19.1. The summed E-state index contributed by atoms with van der Waals surface area (Å²) in [4.78, 5) is 49.3. The van der Waals surface area contributed by atoms with Crippen molar-refractivity contribution < 1.29 is 14.4 Å². The molecule has 0 saturated carbocycles. The monoisotopic (exact) mass is 627 g/mol. The number of hydrogen-bond donors (Lipinski definition) is 3. The molecule has 45 heavy (non-hydrogen) atoms. The van der Waals surface area contributed by atoms with E-state index in [-0.39, 0.29) is 23.8 Å². The summed E-state index contributed by atoms with van der Waals surface area (Å²) < 4.78 is 1.80. The Balaban J connectivity index is 0.997. The van der Waals surface area contributed by atoms with Gasteiger partial charge in [-0.3, -0.25) is 24.4 Å². The number of hydrogen-bond acceptors (Lipinski definition) is 9. The first-order chi connectivity index (χ1) is 21.7. The lowest BCUT2D eigenvalue weighted by atomic mass is 9.93. The van der Waals surface area contributed by atoms with E-state index in [0.29, 0.717) is 48.2 Å². The van der Waals surface area contributed by atoms with Crippen molar-refractivity contribution in [3.63, 3.8) is 0 Å². The second-order valence-electron chi connectivity index (χ2n) is 11.9. The molecule has 3 N–H and O–H groups in total. The number of anilines is 5. The van der Waals surface area contributed by atoms with Crippen LogP contribution >= 0.6 is 11.6 Å². The molecule has 3 aliphatic heterocycles. The maximum atomic E-state index is 12.5. The zero-order valence-corrected chi connectivity index (χ0v) is 25.9. The molecule has 3 amide bonds. The second kappa shape index (κ2) is 11.7. The quantitative estimate of drug-likeness (QED) is 0.268. The number of benzene rings is 2. The number of fused-ring (bicyclic) bond motifs is 2. The molecule has 1 atom stereocenters. The molecule has 2 aromatic carbocycles. The van der Waals surface area contributed by atoms with Gasteiger partial charge in [-0.25, -0.2) is 4.98 Å². The highest BCUT2D eigenvalue weighted by Gasteiger charge is 2.32. The highest BCUT2D eigenvalue weighted by Crippen LogP contribution is 2.34. The number of carbonyl (C=O) groups excluding carboxylic acids is 3. The fourth-order valence-electron chi connectivity index (χ4n) is 6.52. The molecule has 2 aromatic heterocycles. The van der Waals surface area contributed by atoms with Crippen LogP contribution in [0.4, 0.5) is 28.8 Å². The lowest BCUT2D eigenvalue weighted by Crippen LogP contribution is -2.40. The second-order valence-corrected chi connectivity index (χ2v) is 12.3. The first-order valence-corrected chi connectivity index (χ1v) is 15.6. The minimum absolute atomic E-state index is 0.126. The minimum Gasteiger partial charge on any atom is -0.382 e. The van der Waals surface area contributed by atoms with Gasteiger partial charge >= 0.3 is 0 Å². The number of amides is 3. The Kier molecular flexibility index (Phi) is 7.52. The van der Waals surface area contributed by atoms with Crippen molar-refractivity contribution in [2.75, 3.05) is 40.6 Å². The van der Waals surface area contributed by atoms with E-state index in [9.17, 15) is 14.4 Å². The zero-order valence-electron chi connectivity index (χ0n) is 25.1.